The molecule has 26 heavy (non-hydrogen) atoms. The lowest BCUT2D eigenvalue weighted by atomic mass is 10.1. The number of hydrogen-bond donors (Lipinski definition) is 1. The van der Waals surface area contributed by atoms with Crippen LogP contribution in [0.3, 0.4) is 0 Å². The molecule has 2 aromatic rings. The molecule has 0 bridgehead atoms. The number of nitrogens with zero attached hydrogens (tertiary/aromatic N) is 1. The first kappa shape index (κ1) is 20.0. The fourth-order valence-electron chi connectivity index (χ4n) is 2.72. The quantitative estimate of drug-likeness (QED) is 0.770. The minimum atomic E-state index is -3.39. The Labute approximate surface area is 156 Å². The molecule has 6 heteroatoms. The van der Waals surface area contributed by atoms with Crippen LogP contribution in [0.25, 0.3) is 0 Å². The van der Waals surface area contributed by atoms with Crippen LogP contribution < -0.4 is 9.62 Å². The Bertz CT molecular complexity index is 818. The molecule has 2 rings (SSSR count). The van der Waals surface area contributed by atoms with E-state index in [9.17, 15) is 13.2 Å². The van der Waals surface area contributed by atoms with E-state index in [1.165, 1.54) is 10.6 Å². The molecular weight excluding hydrogens is 348 g/mol. The maximum atomic E-state index is 12.2. The Hall–Kier alpha value is -2.34. The summed E-state index contributed by atoms with van der Waals surface area (Å²) in [5.41, 5.74) is 2.73. The molecule has 5 nitrogen and oxygen atoms in total. The van der Waals surface area contributed by atoms with Crippen molar-refractivity contribution >= 4 is 21.6 Å². The number of anilines is 1. The number of amides is 1. The predicted octanol–water partition coefficient (Wildman–Crippen LogP) is 3.42. The zero-order chi connectivity index (χ0) is 19.2. The normalized spacial score (nSPS) is 12.4. The van der Waals surface area contributed by atoms with Gasteiger partial charge in [-0.15, -0.1) is 0 Å². The third-order valence-electron chi connectivity index (χ3n) is 4.16. The topological polar surface area (TPSA) is 66.5 Å². The summed E-state index contributed by atoms with van der Waals surface area (Å²) in [5.74, 6) is -0.0845. The summed E-state index contributed by atoms with van der Waals surface area (Å²) in [5, 5.41) is 2.95. The molecule has 0 heterocycles. The minimum Gasteiger partial charge on any atom is -0.350 e. The number of carbonyl (C=O) groups excluding carboxylic acids is 1. The first-order valence-corrected chi connectivity index (χ1v) is 10.5. The largest absolute Gasteiger partial charge is 0.350 e. The van der Waals surface area contributed by atoms with Gasteiger partial charge in [0, 0.05) is 13.0 Å². The number of rotatable bonds is 8. The minimum absolute atomic E-state index is 0.0770. The van der Waals surface area contributed by atoms with Crippen molar-refractivity contribution in [1.82, 2.24) is 5.32 Å². The van der Waals surface area contributed by atoms with Gasteiger partial charge in [0.15, 0.2) is 0 Å². The standard InChI is InChI=1S/C20H26N2O3S/c1-16-11-13-19(14-12-16)22(26(3,24)25)15-7-10-20(23)21-17(2)18-8-5-4-6-9-18/h4-6,8-9,11-14,17H,7,10,15H2,1-3H3,(H,21,23)/t17-/m0/s1. The summed E-state index contributed by atoms with van der Waals surface area (Å²) >= 11 is 0. The lowest BCUT2D eigenvalue weighted by Gasteiger charge is -2.22. The van der Waals surface area contributed by atoms with E-state index in [2.05, 4.69) is 5.32 Å². The fraction of sp³-hybridized carbons (Fsp3) is 0.350. The van der Waals surface area contributed by atoms with Crippen LogP contribution in [0.5, 0.6) is 0 Å². The number of aryl methyl sites for hydroxylation is 1. The van der Waals surface area contributed by atoms with Crippen molar-refractivity contribution in [1.29, 1.82) is 0 Å². The second-order valence-corrected chi connectivity index (χ2v) is 8.38. The Morgan fingerprint density at radius 1 is 1.08 bits per heavy atom. The summed E-state index contributed by atoms with van der Waals surface area (Å²) < 4.78 is 25.5. The van der Waals surface area contributed by atoms with Crippen LogP contribution in [-0.2, 0) is 14.8 Å². The highest BCUT2D eigenvalue weighted by atomic mass is 32.2. The summed E-state index contributed by atoms with van der Waals surface area (Å²) in [7, 11) is -3.39. The Morgan fingerprint density at radius 2 is 1.69 bits per heavy atom. The van der Waals surface area contributed by atoms with Crippen LogP contribution in [0.2, 0.25) is 0 Å². The monoisotopic (exact) mass is 374 g/mol. The zero-order valence-corrected chi connectivity index (χ0v) is 16.3. The Kier molecular flexibility index (Phi) is 6.80. The molecule has 1 amide bonds. The fourth-order valence-corrected chi connectivity index (χ4v) is 3.68. The van der Waals surface area contributed by atoms with Gasteiger partial charge in [-0.1, -0.05) is 48.0 Å². The highest BCUT2D eigenvalue weighted by Gasteiger charge is 2.18. The molecule has 1 N–H and O–H groups in total. The zero-order valence-electron chi connectivity index (χ0n) is 15.5. The lowest BCUT2D eigenvalue weighted by Crippen LogP contribution is -2.32. The lowest BCUT2D eigenvalue weighted by molar-refractivity contribution is -0.121. The van der Waals surface area contributed by atoms with Crippen LogP contribution in [0.1, 0.15) is 36.9 Å². The highest BCUT2D eigenvalue weighted by molar-refractivity contribution is 7.92. The second kappa shape index (κ2) is 8.85. The molecule has 0 aromatic heterocycles. The van der Waals surface area contributed by atoms with Crippen molar-refractivity contribution in [3.05, 3.63) is 65.7 Å². The van der Waals surface area contributed by atoms with Gasteiger partial charge < -0.3 is 5.32 Å². The first-order valence-electron chi connectivity index (χ1n) is 8.66. The van der Waals surface area contributed by atoms with E-state index in [4.69, 9.17) is 0 Å². The van der Waals surface area contributed by atoms with Gasteiger partial charge in [-0.2, -0.15) is 0 Å². The molecular formula is C20H26N2O3S. The van der Waals surface area contributed by atoms with E-state index in [0.29, 0.717) is 12.1 Å². The smallest absolute Gasteiger partial charge is 0.232 e. The van der Waals surface area contributed by atoms with Crippen LogP contribution in [0.4, 0.5) is 5.69 Å². The average Bonchev–Trinajstić information content (AvgIpc) is 2.59. The average molecular weight is 375 g/mol. The van der Waals surface area contributed by atoms with Gasteiger partial charge in [0.2, 0.25) is 15.9 Å². The van der Waals surface area contributed by atoms with Gasteiger partial charge in [-0.3, -0.25) is 9.10 Å². The Balaban J connectivity index is 1.91. The maximum absolute atomic E-state index is 12.2. The second-order valence-electron chi connectivity index (χ2n) is 6.47. The van der Waals surface area contributed by atoms with Gasteiger partial charge in [-0.05, 0) is 38.0 Å². The summed E-state index contributed by atoms with van der Waals surface area (Å²) in [6.45, 7) is 4.16. The van der Waals surface area contributed by atoms with Gasteiger partial charge >= 0.3 is 0 Å². The molecule has 0 saturated heterocycles. The molecule has 0 aliphatic carbocycles. The van der Waals surface area contributed by atoms with E-state index < -0.39 is 10.0 Å². The van der Waals surface area contributed by atoms with Crippen LogP contribution in [0.15, 0.2) is 54.6 Å². The predicted molar refractivity (Wildman–Crippen MR) is 106 cm³/mol. The number of nitrogens with one attached hydrogen (secondary N) is 1. The molecule has 0 aliphatic rings. The third-order valence-corrected chi connectivity index (χ3v) is 5.36. The van der Waals surface area contributed by atoms with Gasteiger partial charge in [0.25, 0.3) is 0 Å². The molecule has 0 fully saturated rings. The van der Waals surface area contributed by atoms with Crippen LogP contribution >= 0.6 is 0 Å². The van der Waals surface area contributed by atoms with Gasteiger partial charge in [0.1, 0.15) is 0 Å². The van der Waals surface area contributed by atoms with Crippen molar-refractivity contribution in [3.63, 3.8) is 0 Å². The molecule has 0 unspecified atom stereocenters. The molecule has 0 saturated carbocycles. The van der Waals surface area contributed by atoms with Crippen LogP contribution in [0, 0.1) is 6.92 Å². The van der Waals surface area contributed by atoms with Crippen LogP contribution in [-0.4, -0.2) is 27.1 Å². The summed E-state index contributed by atoms with van der Waals surface area (Å²) in [6, 6.07) is 17.0. The first-order chi connectivity index (χ1) is 12.3. The molecule has 0 radical (unpaired) electrons. The number of benzene rings is 2. The number of hydrogen-bond acceptors (Lipinski definition) is 3. The number of carbonyl (C=O) groups is 1. The molecule has 0 spiro atoms. The molecule has 0 aliphatic heterocycles. The maximum Gasteiger partial charge on any atom is 0.232 e. The third kappa shape index (κ3) is 5.88. The van der Waals surface area contributed by atoms with Crippen molar-refractivity contribution in [3.8, 4) is 0 Å². The van der Waals surface area contributed by atoms with E-state index in [0.717, 1.165) is 11.1 Å². The van der Waals surface area contributed by atoms with E-state index >= 15 is 0 Å². The highest BCUT2D eigenvalue weighted by Crippen LogP contribution is 2.19. The Morgan fingerprint density at radius 3 is 2.27 bits per heavy atom. The van der Waals surface area contributed by atoms with E-state index in [1.807, 2.05) is 56.3 Å². The van der Waals surface area contributed by atoms with Gasteiger partial charge in [0.05, 0.1) is 18.0 Å². The van der Waals surface area contributed by atoms with Crippen molar-refractivity contribution in [2.45, 2.75) is 32.7 Å². The number of sulfonamides is 1. The van der Waals surface area contributed by atoms with Gasteiger partial charge in [-0.25, -0.2) is 8.42 Å². The summed E-state index contributed by atoms with van der Waals surface area (Å²) in [6.07, 6.45) is 1.91. The van der Waals surface area contributed by atoms with E-state index in [1.54, 1.807) is 12.1 Å². The molecule has 1 atom stereocenters. The van der Waals surface area contributed by atoms with E-state index in [-0.39, 0.29) is 24.9 Å². The molecule has 2 aromatic carbocycles. The van der Waals surface area contributed by atoms with Crippen molar-refractivity contribution < 1.29 is 13.2 Å². The molecule has 140 valence electrons. The SMILES string of the molecule is Cc1ccc(N(CCCC(=O)N[C@@H](C)c2ccccc2)S(C)(=O)=O)cc1. The van der Waals surface area contributed by atoms with Crippen molar-refractivity contribution in [2.75, 3.05) is 17.1 Å². The van der Waals surface area contributed by atoms with Crippen molar-refractivity contribution in [2.24, 2.45) is 0 Å². The summed E-state index contributed by atoms with van der Waals surface area (Å²) in [4.78, 5) is 12.2.